The Morgan fingerprint density at radius 3 is 2.69 bits per heavy atom. The number of aliphatic imine (C=N–C) groups is 1. The Bertz CT molecular complexity index is 1080. The van der Waals surface area contributed by atoms with Gasteiger partial charge in [0.25, 0.3) is 5.91 Å². The molecule has 1 aliphatic rings. The van der Waals surface area contributed by atoms with Crippen molar-refractivity contribution in [1.82, 2.24) is 10.2 Å². The van der Waals surface area contributed by atoms with Crippen molar-refractivity contribution < 1.29 is 13.9 Å². The number of hydrogen-bond donors (Lipinski definition) is 3. The molecule has 12 nitrogen and oxygen atoms in total. The molecule has 3 rings (SSSR count). The van der Waals surface area contributed by atoms with Crippen molar-refractivity contribution in [2.45, 2.75) is 25.8 Å². The van der Waals surface area contributed by atoms with Crippen LogP contribution in [0, 0.1) is 4.91 Å². The van der Waals surface area contributed by atoms with Crippen molar-refractivity contribution in [3.8, 4) is 5.75 Å². The first-order valence-corrected chi connectivity index (χ1v) is 10.2. The summed E-state index contributed by atoms with van der Waals surface area (Å²) in [6.07, 6.45) is 8.70. The molecule has 32 heavy (non-hydrogen) atoms. The lowest BCUT2D eigenvalue weighted by Gasteiger charge is -2.16. The number of carbonyl (C=O) groups excluding carboxylic acids is 1. The van der Waals surface area contributed by atoms with Crippen molar-refractivity contribution >= 4 is 38.9 Å². The van der Waals surface area contributed by atoms with Crippen molar-refractivity contribution in [1.29, 1.82) is 0 Å². The van der Waals surface area contributed by atoms with E-state index in [2.05, 4.69) is 31.0 Å². The lowest BCUT2D eigenvalue weighted by atomic mass is 10.2. The number of rotatable bonds is 7. The second-order valence-electron chi connectivity index (χ2n) is 6.27. The van der Waals surface area contributed by atoms with Crippen LogP contribution in [-0.2, 0) is 0 Å². The summed E-state index contributed by atoms with van der Waals surface area (Å²) in [6, 6.07) is 1.56. The minimum absolute atomic E-state index is 0.0180. The molecule has 0 atom stereocenters. The number of nitrogens with two attached hydrogens (primary N) is 1. The maximum atomic E-state index is 12.5. The Morgan fingerprint density at radius 1 is 1.38 bits per heavy atom. The molecule has 4 N–H and O–H groups in total. The normalized spacial score (nSPS) is 13.5. The molecule has 2 aromatic heterocycles. The second-order valence-corrected chi connectivity index (χ2v) is 7.22. The van der Waals surface area contributed by atoms with E-state index in [9.17, 15) is 9.59 Å². The molecule has 0 saturated heterocycles. The van der Waals surface area contributed by atoms with Gasteiger partial charge in [-0.1, -0.05) is 28.7 Å². The van der Waals surface area contributed by atoms with Gasteiger partial charge in [0.05, 0.1) is 19.8 Å². The fraction of sp³-hybridized carbons (Fsp3) is 0.316. The quantitative estimate of drug-likeness (QED) is 0.318. The van der Waals surface area contributed by atoms with Gasteiger partial charge in [0, 0.05) is 17.8 Å². The van der Waals surface area contributed by atoms with E-state index in [1.54, 1.807) is 13.0 Å². The van der Waals surface area contributed by atoms with Crippen molar-refractivity contribution in [3.63, 3.8) is 0 Å². The first-order valence-electron chi connectivity index (χ1n) is 9.35. The van der Waals surface area contributed by atoms with Gasteiger partial charge in [-0.15, -0.1) is 10.2 Å². The van der Waals surface area contributed by atoms with Crippen LogP contribution in [0.3, 0.4) is 0 Å². The number of allylic oxidation sites excluding steroid dienone is 1. The van der Waals surface area contributed by atoms with E-state index in [1.807, 2.05) is 12.2 Å². The van der Waals surface area contributed by atoms with Crippen LogP contribution < -0.4 is 26.7 Å². The van der Waals surface area contributed by atoms with E-state index in [0.717, 1.165) is 24.2 Å². The number of nitrogens with zero attached hydrogens (tertiary/aromatic N) is 4. The van der Waals surface area contributed by atoms with E-state index >= 15 is 0 Å². The van der Waals surface area contributed by atoms with Gasteiger partial charge in [-0.25, -0.2) is 9.79 Å². The molecule has 0 bridgehead atoms. The number of methoxy groups -OCH3 is 1. The molecule has 0 spiro atoms. The van der Waals surface area contributed by atoms with Gasteiger partial charge in [-0.05, 0) is 32.0 Å². The van der Waals surface area contributed by atoms with Crippen molar-refractivity contribution in [2.75, 3.05) is 24.8 Å². The van der Waals surface area contributed by atoms with Gasteiger partial charge in [0.2, 0.25) is 16.0 Å². The number of aromatic nitrogens is 2. The highest BCUT2D eigenvalue weighted by atomic mass is 32.1. The van der Waals surface area contributed by atoms with Gasteiger partial charge in [0.1, 0.15) is 0 Å². The van der Waals surface area contributed by atoms with E-state index in [0.29, 0.717) is 16.5 Å². The maximum absolute atomic E-state index is 12.5. The van der Waals surface area contributed by atoms with Gasteiger partial charge in [0.15, 0.2) is 5.76 Å². The summed E-state index contributed by atoms with van der Waals surface area (Å²) in [7, 11) is 2.56. The summed E-state index contributed by atoms with van der Waals surface area (Å²) >= 11 is 1.07. The number of anilines is 2. The molecule has 1 aliphatic carbocycles. The smallest absolute Gasteiger partial charge is 0.381 e. The van der Waals surface area contributed by atoms with Crippen LogP contribution in [0.15, 0.2) is 49.9 Å². The Kier molecular flexibility index (Phi) is 9.22. The standard InChI is InChI=1S/C18H20N6O4S.CH3NO/c1-10(7-8-19)20-17-23-24-18(29-17)22-15(25)13-9-12(14(27-2)16(26)28-13)21-11-5-3-4-6-11;1-2-3/h3-4,7-9,11,21H,5-6,19H2,1-2H3,(H,22,24,25);1H3/b8-7-,20-10+;. The van der Waals surface area contributed by atoms with Crippen LogP contribution >= 0.6 is 11.3 Å². The molecular formula is C19H23N7O5S. The van der Waals surface area contributed by atoms with Gasteiger partial charge in [-0.2, -0.15) is 4.91 Å². The highest BCUT2D eigenvalue weighted by molar-refractivity contribution is 7.18. The zero-order chi connectivity index (χ0) is 23.5. The van der Waals surface area contributed by atoms with E-state index in [4.69, 9.17) is 19.8 Å². The summed E-state index contributed by atoms with van der Waals surface area (Å²) < 4.78 is 10.2. The zero-order valence-corrected chi connectivity index (χ0v) is 18.5. The Labute approximate surface area is 187 Å². The minimum Gasteiger partial charge on any atom is -0.488 e. The first kappa shape index (κ1) is 24.4. The van der Waals surface area contributed by atoms with Crippen LogP contribution in [-0.4, -0.2) is 42.0 Å². The zero-order valence-electron chi connectivity index (χ0n) is 17.7. The largest absolute Gasteiger partial charge is 0.488 e. The molecule has 0 radical (unpaired) electrons. The summed E-state index contributed by atoms with van der Waals surface area (Å²) in [5, 5.41) is 16.3. The van der Waals surface area contributed by atoms with Gasteiger partial charge < -0.3 is 20.2 Å². The maximum Gasteiger partial charge on any atom is 0.381 e. The summed E-state index contributed by atoms with van der Waals surface area (Å²) in [5.41, 5.74) is 5.60. The average molecular weight is 462 g/mol. The first-order chi connectivity index (χ1) is 15.4. The SMILES string of the molecule is CN=O.COc1c(NC2CC=CC2)cc(C(=O)Nc2nnc(/N=C(C)/C=C\N)s2)oc1=O. The predicted molar refractivity (Wildman–Crippen MR) is 123 cm³/mol. The molecule has 0 unspecified atom stereocenters. The second kappa shape index (κ2) is 12.1. The molecule has 2 heterocycles. The fourth-order valence-corrected chi connectivity index (χ4v) is 3.32. The fourth-order valence-electron chi connectivity index (χ4n) is 2.65. The molecule has 0 aromatic carbocycles. The molecule has 13 heteroatoms. The predicted octanol–water partition coefficient (Wildman–Crippen LogP) is 2.83. The highest BCUT2D eigenvalue weighted by Gasteiger charge is 2.21. The third kappa shape index (κ3) is 6.84. The molecule has 2 aromatic rings. The Morgan fingerprint density at radius 2 is 2.06 bits per heavy atom. The Hall–Kier alpha value is -3.87. The number of amides is 1. The van der Waals surface area contributed by atoms with Gasteiger partial charge >= 0.3 is 5.63 Å². The molecule has 0 saturated carbocycles. The number of ether oxygens (including phenoxy) is 1. The molecule has 0 fully saturated rings. The monoisotopic (exact) mass is 461 g/mol. The lowest BCUT2D eigenvalue weighted by Crippen LogP contribution is -2.21. The third-order valence-corrected chi connectivity index (χ3v) is 4.68. The van der Waals surface area contributed by atoms with E-state index in [1.165, 1.54) is 26.4 Å². The van der Waals surface area contributed by atoms with Crippen molar-refractivity contribution in [3.05, 3.63) is 51.6 Å². The molecule has 170 valence electrons. The van der Waals surface area contributed by atoms with E-state index < -0.39 is 11.5 Å². The number of hydrogen-bond acceptors (Lipinski definition) is 12. The van der Waals surface area contributed by atoms with Crippen LogP contribution in [0.4, 0.5) is 16.0 Å². The van der Waals surface area contributed by atoms with Crippen LogP contribution in [0.1, 0.15) is 30.3 Å². The minimum atomic E-state index is -0.750. The summed E-state index contributed by atoms with van der Waals surface area (Å²) in [5.74, 6) is -0.793. The van der Waals surface area contributed by atoms with Crippen LogP contribution in [0.2, 0.25) is 0 Å². The lowest BCUT2D eigenvalue weighted by molar-refractivity contribution is 0.0991. The molecule has 0 aliphatic heterocycles. The van der Waals surface area contributed by atoms with E-state index in [-0.39, 0.29) is 22.7 Å². The molecular weight excluding hydrogens is 438 g/mol. The van der Waals surface area contributed by atoms with Crippen LogP contribution in [0.5, 0.6) is 5.75 Å². The Balaban J connectivity index is 0.00000114. The average Bonchev–Trinajstić information content (AvgIpc) is 3.40. The number of nitroso groups, excluding NO2 is 1. The summed E-state index contributed by atoms with van der Waals surface area (Å²) in [4.78, 5) is 37.5. The van der Waals surface area contributed by atoms with Crippen molar-refractivity contribution in [2.24, 2.45) is 15.9 Å². The topological polar surface area (TPSA) is 174 Å². The molecule has 1 amide bonds. The highest BCUT2D eigenvalue weighted by Crippen LogP contribution is 2.27. The summed E-state index contributed by atoms with van der Waals surface area (Å²) in [6.45, 7) is 1.75. The number of carbonyl (C=O) groups is 1. The van der Waals surface area contributed by atoms with Gasteiger partial charge in [-0.3, -0.25) is 10.1 Å². The third-order valence-electron chi connectivity index (χ3n) is 3.95. The number of nitrogens with one attached hydrogen (secondary N) is 2. The van der Waals surface area contributed by atoms with Crippen LogP contribution in [0.25, 0.3) is 0 Å².